The van der Waals surface area contributed by atoms with Crippen LogP contribution in [-0.2, 0) is 17.8 Å². The summed E-state index contributed by atoms with van der Waals surface area (Å²) in [6, 6.07) is 16.0. The third kappa shape index (κ3) is 5.55. The minimum Gasteiger partial charge on any atom is -0.497 e. The number of hydrogen-bond donors (Lipinski definition) is 0. The van der Waals surface area contributed by atoms with Crippen LogP contribution in [0.5, 0.6) is 11.5 Å². The molecule has 0 unspecified atom stereocenters. The van der Waals surface area contributed by atoms with Crippen LogP contribution < -0.4 is 14.4 Å². The van der Waals surface area contributed by atoms with E-state index in [1.807, 2.05) is 59.7 Å². The molecule has 1 aromatic heterocycles. The van der Waals surface area contributed by atoms with Crippen LogP contribution in [0.15, 0.2) is 53.9 Å². The Labute approximate surface area is 187 Å². The van der Waals surface area contributed by atoms with Gasteiger partial charge in [0.05, 0.1) is 19.2 Å². The first kappa shape index (κ1) is 21.2. The van der Waals surface area contributed by atoms with Crippen molar-refractivity contribution in [2.24, 2.45) is 0 Å². The summed E-state index contributed by atoms with van der Waals surface area (Å²) < 4.78 is 11.1. The van der Waals surface area contributed by atoms with E-state index in [4.69, 9.17) is 9.47 Å². The molecule has 4 rings (SSSR count). The van der Waals surface area contributed by atoms with Crippen molar-refractivity contribution in [1.29, 1.82) is 0 Å². The number of rotatable bonds is 7. The highest BCUT2D eigenvalue weighted by Crippen LogP contribution is 2.22. The lowest BCUT2D eigenvalue weighted by Gasteiger charge is -2.36. The fourth-order valence-corrected chi connectivity index (χ4v) is 4.27. The van der Waals surface area contributed by atoms with Crippen molar-refractivity contribution in [2.75, 3.05) is 38.2 Å². The first-order chi connectivity index (χ1) is 15.1. The zero-order valence-electron chi connectivity index (χ0n) is 17.9. The molecule has 6 nitrogen and oxygen atoms in total. The van der Waals surface area contributed by atoms with Crippen molar-refractivity contribution in [3.63, 3.8) is 0 Å². The van der Waals surface area contributed by atoms with Gasteiger partial charge in [0.2, 0.25) is 5.91 Å². The van der Waals surface area contributed by atoms with Crippen LogP contribution in [0.2, 0.25) is 0 Å². The van der Waals surface area contributed by atoms with E-state index in [1.54, 1.807) is 7.11 Å². The largest absolute Gasteiger partial charge is 0.497 e. The van der Waals surface area contributed by atoms with Gasteiger partial charge < -0.3 is 19.3 Å². The van der Waals surface area contributed by atoms with Gasteiger partial charge in [0.25, 0.3) is 0 Å². The molecule has 1 aliphatic heterocycles. The maximum Gasteiger partial charge on any atom is 0.228 e. The third-order valence-corrected chi connectivity index (χ3v) is 6.24. The van der Waals surface area contributed by atoms with E-state index < -0.39 is 0 Å². The number of piperazine rings is 1. The van der Waals surface area contributed by atoms with Crippen molar-refractivity contribution < 1.29 is 14.3 Å². The van der Waals surface area contributed by atoms with Gasteiger partial charge in [-0.15, -0.1) is 11.3 Å². The minimum atomic E-state index is 0.126. The average Bonchev–Trinajstić information content (AvgIpc) is 3.26. The molecule has 0 aliphatic carbocycles. The molecule has 1 fully saturated rings. The number of nitrogens with zero attached hydrogens (tertiary/aromatic N) is 3. The molecule has 1 amide bonds. The number of anilines is 1. The number of carbonyl (C=O) groups excluding carboxylic acids is 1. The lowest BCUT2D eigenvalue weighted by atomic mass is 10.2. The minimum absolute atomic E-state index is 0.126. The van der Waals surface area contributed by atoms with E-state index in [2.05, 4.69) is 16.0 Å². The molecule has 0 atom stereocenters. The zero-order valence-corrected chi connectivity index (χ0v) is 18.7. The topological polar surface area (TPSA) is 54.9 Å². The Hall–Kier alpha value is -3.06. The molecule has 0 bridgehead atoms. The van der Waals surface area contributed by atoms with Gasteiger partial charge in [-0.3, -0.25) is 4.79 Å². The van der Waals surface area contributed by atoms with Crippen molar-refractivity contribution in [3.05, 3.63) is 70.2 Å². The van der Waals surface area contributed by atoms with E-state index >= 15 is 0 Å². The van der Waals surface area contributed by atoms with Crippen LogP contribution >= 0.6 is 11.3 Å². The molecule has 0 radical (unpaired) electrons. The van der Waals surface area contributed by atoms with Gasteiger partial charge in [-0.05, 0) is 31.2 Å². The Morgan fingerprint density at radius 2 is 1.84 bits per heavy atom. The first-order valence-electron chi connectivity index (χ1n) is 10.4. The predicted octanol–water partition coefficient (Wildman–Crippen LogP) is 3.93. The quantitative estimate of drug-likeness (QED) is 0.561. The van der Waals surface area contributed by atoms with Crippen LogP contribution in [0.25, 0.3) is 0 Å². The SMILES string of the molecule is COc1cccc(N2CCN(C(=O)Cc3csc(COc4ccc(C)cc4)n3)CC2)c1. The highest BCUT2D eigenvalue weighted by molar-refractivity contribution is 7.09. The number of hydrogen-bond acceptors (Lipinski definition) is 6. The lowest BCUT2D eigenvalue weighted by molar-refractivity contribution is -0.130. The van der Waals surface area contributed by atoms with Crippen LogP contribution in [0.3, 0.4) is 0 Å². The maximum absolute atomic E-state index is 12.8. The van der Waals surface area contributed by atoms with Gasteiger partial charge in [-0.2, -0.15) is 0 Å². The molecule has 162 valence electrons. The molecule has 1 saturated heterocycles. The fraction of sp³-hybridized carbons (Fsp3) is 0.333. The van der Waals surface area contributed by atoms with Crippen LogP contribution in [-0.4, -0.2) is 49.1 Å². The first-order valence-corrected chi connectivity index (χ1v) is 11.3. The van der Waals surface area contributed by atoms with Gasteiger partial charge >= 0.3 is 0 Å². The monoisotopic (exact) mass is 437 g/mol. The predicted molar refractivity (Wildman–Crippen MR) is 123 cm³/mol. The van der Waals surface area contributed by atoms with Gasteiger partial charge in [-0.1, -0.05) is 23.8 Å². The van der Waals surface area contributed by atoms with E-state index in [0.29, 0.717) is 26.1 Å². The van der Waals surface area contributed by atoms with Gasteiger partial charge in [-0.25, -0.2) is 4.98 Å². The van der Waals surface area contributed by atoms with E-state index in [1.165, 1.54) is 16.9 Å². The van der Waals surface area contributed by atoms with Gasteiger partial charge in [0, 0.05) is 43.3 Å². The zero-order chi connectivity index (χ0) is 21.6. The smallest absolute Gasteiger partial charge is 0.228 e. The van der Waals surface area contributed by atoms with Crippen LogP contribution in [0.1, 0.15) is 16.3 Å². The molecule has 0 saturated carbocycles. The highest BCUT2D eigenvalue weighted by atomic mass is 32.1. The summed E-state index contributed by atoms with van der Waals surface area (Å²) in [4.78, 5) is 21.5. The molecule has 2 aromatic carbocycles. The Morgan fingerprint density at radius 3 is 2.58 bits per heavy atom. The number of methoxy groups -OCH3 is 1. The summed E-state index contributed by atoms with van der Waals surface area (Å²) in [5.74, 6) is 1.80. The average molecular weight is 438 g/mol. The molecular weight excluding hydrogens is 410 g/mol. The number of aromatic nitrogens is 1. The molecule has 31 heavy (non-hydrogen) atoms. The van der Waals surface area contributed by atoms with Gasteiger partial charge in [0.15, 0.2) is 0 Å². The Morgan fingerprint density at radius 1 is 1.06 bits per heavy atom. The standard InChI is InChI=1S/C24H27N3O3S/c1-18-6-8-21(9-7-18)30-16-23-25-19(17-31-23)14-24(28)27-12-10-26(11-13-27)20-4-3-5-22(15-20)29-2/h3-9,15,17H,10-14,16H2,1-2H3. The normalized spacial score (nSPS) is 13.9. The summed E-state index contributed by atoms with van der Waals surface area (Å²) in [7, 11) is 1.67. The summed E-state index contributed by atoms with van der Waals surface area (Å²) in [5, 5.41) is 2.84. The molecule has 3 aromatic rings. The Balaban J connectivity index is 1.26. The second-order valence-electron chi connectivity index (χ2n) is 7.58. The Kier molecular flexibility index (Phi) is 6.72. The van der Waals surface area contributed by atoms with Crippen molar-refractivity contribution in [2.45, 2.75) is 20.0 Å². The lowest BCUT2D eigenvalue weighted by Crippen LogP contribution is -2.49. The molecule has 1 aliphatic rings. The number of ether oxygens (including phenoxy) is 2. The van der Waals surface area contributed by atoms with Gasteiger partial charge in [0.1, 0.15) is 23.1 Å². The molecule has 2 heterocycles. The summed E-state index contributed by atoms with van der Waals surface area (Å²) >= 11 is 1.53. The van der Waals surface area contributed by atoms with Crippen LogP contribution in [0.4, 0.5) is 5.69 Å². The number of thiazole rings is 1. The van der Waals surface area contributed by atoms with Crippen LogP contribution in [0, 0.1) is 6.92 Å². The molecule has 0 spiro atoms. The second-order valence-corrected chi connectivity index (χ2v) is 8.52. The van der Waals surface area contributed by atoms with E-state index in [9.17, 15) is 4.79 Å². The molecule has 7 heteroatoms. The number of aryl methyl sites for hydroxylation is 1. The van der Waals surface area contributed by atoms with E-state index in [0.717, 1.165) is 41.0 Å². The van der Waals surface area contributed by atoms with Crippen molar-refractivity contribution in [3.8, 4) is 11.5 Å². The van der Waals surface area contributed by atoms with Crippen molar-refractivity contribution >= 4 is 22.9 Å². The molecular formula is C24H27N3O3S. The highest BCUT2D eigenvalue weighted by Gasteiger charge is 2.22. The fourth-order valence-electron chi connectivity index (χ4n) is 3.56. The number of amides is 1. The summed E-state index contributed by atoms with van der Waals surface area (Å²) in [5.41, 5.74) is 3.14. The number of carbonyl (C=O) groups is 1. The molecule has 0 N–H and O–H groups in total. The van der Waals surface area contributed by atoms with Crippen molar-refractivity contribution in [1.82, 2.24) is 9.88 Å². The second kappa shape index (κ2) is 9.83. The maximum atomic E-state index is 12.8. The number of benzene rings is 2. The summed E-state index contributed by atoms with van der Waals surface area (Å²) in [6.07, 6.45) is 0.334. The third-order valence-electron chi connectivity index (χ3n) is 5.37. The summed E-state index contributed by atoms with van der Waals surface area (Å²) in [6.45, 7) is 5.51. The van der Waals surface area contributed by atoms with E-state index in [-0.39, 0.29) is 5.91 Å². The Bertz CT molecular complexity index is 1010.